The van der Waals surface area contributed by atoms with Crippen molar-refractivity contribution < 1.29 is 9.15 Å². The predicted molar refractivity (Wildman–Crippen MR) is 100 cm³/mol. The Morgan fingerprint density at radius 3 is 2.64 bits per heavy atom. The smallest absolute Gasteiger partial charge is 0.200 e. The fourth-order valence-corrected chi connectivity index (χ4v) is 3.77. The van der Waals surface area contributed by atoms with Gasteiger partial charge in [0.2, 0.25) is 5.43 Å². The van der Waals surface area contributed by atoms with Crippen LogP contribution in [-0.2, 0) is 6.42 Å². The van der Waals surface area contributed by atoms with Crippen LogP contribution in [0.15, 0.2) is 64.3 Å². The van der Waals surface area contributed by atoms with Crippen LogP contribution in [-0.4, -0.2) is 7.11 Å². The fourth-order valence-electron chi connectivity index (χ4n) is 3.77. The van der Waals surface area contributed by atoms with E-state index in [1.165, 1.54) is 5.56 Å². The Morgan fingerprint density at radius 2 is 1.92 bits per heavy atom. The standard InChI is InChI=1S/C22H20O3/c1-13-14(2)21-20(12-17(13)15-7-5-4-6-8-15)25-19-10-9-16(24-3)11-18(19)22(21)23/h4-11,13,17H,2,12H2,1,3H3/t13-,17-/m0/s1. The van der Waals surface area contributed by atoms with Gasteiger partial charge in [0.1, 0.15) is 17.1 Å². The number of ether oxygens (including phenoxy) is 1. The first-order valence-electron chi connectivity index (χ1n) is 8.48. The maximum atomic E-state index is 13.1. The van der Waals surface area contributed by atoms with Gasteiger partial charge in [-0.2, -0.15) is 0 Å². The Bertz CT molecular complexity index is 1010. The van der Waals surface area contributed by atoms with E-state index in [-0.39, 0.29) is 17.3 Å². The van der Waals surface area contributed by atoms with E-state index in [1.54, 1.807) is 19.2 Å². The van der Waals surface area contributed by atoms with E-state index in [9.17, 15) is 4.79 Å². The van der Waals surface area contributed by atoms with Crippen molar-refractivity contribution in [2.75, 3.05) is 7.11 Å². The molecule has 0 aliphatic heterocycles. The van der Waals surface area contributed by atoms with Crippen molar-refractivity contribution in [1.82, 2.24) is 0 Å². The highest BCUT2D eigenvalue weighted by Gasteiger charge is 2.33. The molecule has 2 atom stereocenters. The van der Waals surface area contributed by atoms with E-state index in [1.807, 2.05) is 24.3 Å². The number of allylic oxidation sites excluding steroid dienone is 1. The maximum absolute atomic E-state index is 13.1. The van der Waals surface area contributed by atoms with Crippen molar-refractivity contribution in [2.24, 2.45) is 5.92 Å². The van der Waals surface area contributed by atoms with Gasteiger partial charge in [-0.25, -0.2) is 0 Å². The number of hydrogen-bond donors (Lipinski definition) is 0. The Kier molecular flexibility index (Phi) is 3.72. The molecule has 0 unspecified atom stereocenters. The first-order valence-corrected chi connectivity index (χ1v) is 8.48. The van der Waals surface area contributed by atoms with Crippen molar-refractivity contribution in [2.45, 2.75) is 19.3 Å². The molecule has 1 aromatic heterocycles. The van der Waals surface area contributed by atoms with Gasteiger partial charge in [-0.3, -0.25) is 4.79 Å². The lowest BCUT2D eigenvalue weighted by Crippen LogP contribution is -2.25. The van der Waals surface area contributed by atoms with E-state index in [2.05, 4.69) is 25.6 Å². The van der Waals surface area contributed by atoms with Crippen LogP contribution in [0.1, 0.15) is 29.7 Å². The van der Waals surface area contributed by atoms with Gasteiger partial charge in [-0.1, -0.05) is 43.8 Å². The number of benzene rings is 2. The Morgan fingerprint density at radius 1 is 1.16 bits per heavy atom. The van der Waals surface area contributed by atoms with Gasteiger partial charge in [-0.15, -0.1) is 0 Å². The molecule has 0 amide bonds. The van der Waals surface area contributed by atoms with E-state index in [0.717, 1.165) is 11.3 Å². The Balaban J connectivity index is 1.90. The minimum absolute atomic E-state index is 0.0153. The molecule has 0 fully saturated rings. The zero-order valence-corrected chi connectivity index (χ0v) is 14.4. The quantitative estimate of drug-likeness (QED) is 0.677. The molecule has 126 valence electrons. The number of hydrogen-bond acceptors (Lipinski definition) is 3. The van der Waals surface area contributed by atoms with Crippen molar-refractivity contribution in [3.8, 4) is 5.75 Å². The number of rotatable bonds is 2. The molecule has 0 N–H and O–H groups in total. The SMILES string of the molecule is C=C1c2c(oc3ccc(OC)cc3c2=O)C[C@H](c2ccccc2)[C@H]1C. The molecule has 1 aliphatic rings. The molecular formula is C22H20O3. The molecule has 0 radical (unpaired) electrons. The molecule has 3 aromatic rings. The molecule has 0 saturated carbocycles. The Hall–Kier alpha value is -2.81. The topological polar surface area (TPSA) is 39.4 Å². The maximum Gasteiger partial charge on any atom is 0.200 e. The molecule has 1 aliphatic carbocycles. The molecule has 0 bridgehead atoms. The first kappa shape index (κ1) is 15.7. The summed E-state index contributed by atoms with van der Waals surface area (Å²) in [4.78, 5) is 13.1. The van der Waals surface area contributed by atoms with Gasteiger partial charge in [0.05, 0.1) is 18.1 Å². The summed E-state index contributed by atoms with van der Waals surface area (Å²) in [6.45, 7) is 6.37. The second-order valence-electron chi connectivity index (χ2n) is 6.63. The van der Waals surface area contributed by atoms with Crippen LogP contribution < -0.4 is 10.2 Å². The van der Waals surface area contributed by atoms with Crippen LogP contribution in [0.2, 0.25) is 0 Å². The summed E-state index contributed by atoms with van der Waals surface area (Å²) in [5.41, 5.74) is 3.32. The van der Waals surface area contributed by atoms with Crippen LogP contribution in [0, 0.1) is 5.92 Å². The highest BCUT2D eigenvalue weighted by molar-refractivity contribution is 5.83. The first-order chi connectivity index (χ1) is 12.1. The van der Waals surface area contributed by atoms with Crippen LogP contribution in [0.5, 0.6) is 5.75 Å². The van der Waals surface area contributed by atoms with E-state index in [0.29, 0.717) is 28.7 Å². The number of methoxy groups -OCH3 is 1. The zero-order chi connectivity index (χ0) is 17.6. The molecule has 25 heavy (non-hydrogen) atoms. The van der Waals surface area contributed by atoms with Gasteiger partial charge >= 0.3 is 0 Å². The van der Waals surface area contributed by atoms with E-state index < -0.39 is 0 Å². The average molecular weight is 332 g/mol. The molecular weight excluding hydrogens is 312 g/mol. The van der Waals surface area contributed by atoms with E-state index >= 15 is 0 Å². The minimum Gasteiger partial charge on any atom is -0.497 e. The summed E-state index contributed by atoms with van der Waals surface area (Å²) in [6.07, 6.45) is 0.705. The van der Waals surface area contributed by atoms with Crippen LogP contribution in [0.25, 0.3) is 16.5 Å². The molecule has 4 rings (SSSR count). The monoisotopic (exact) mass is 332 g/mol. The third-order valence-corrected chi connectivity index (χ3v) is 5.28. The summed E-state index contributed by atoms with van der Waals surface area (Å²) >= 11 is 0. The van der Waals surface area contributed by atoms with Gasteiger partial charge in [0, 0.05) is 6.42 Å². The predicted octanol–water partition coefficient (Wildman–Crippen LogP) is 4.79. The minimum atomic E-state index is -0.0153. The van der Waals surface area contributed by atoms with Gasteiger partial charge in [0.25, 0.3) is 0 Å². The number of fused-ring (bicyclic) bond motifs is 2. The molecule has 3 heteroatoms. The molecule has 2 aromatic carbocycles. The Labute approximate surface area is 146 Å². The largest absolute Gasteiger partial charge is 0.497 e. The lowest BCUT2D eigenvalue weighted by molar-refractivity contribution is 0.414. The summed E-state index contributed by atoms with van der Waals surface area (Å²) in [6, 6.07) is 15.7. The van der Waals surface area contributed by atoms with Crippen molar-refractivity contribution in [1.29, 1.82) is 0 Å². The second-order valence-corrected chi connectivity index (χ2v) is 6.63. The summed E-state index contributed by atoms with van der Waals surface area (Å²) in [5.74, 6) is 1.83. The lowest BCUT2D eigenvalue weighted by Gasteiger charge is -2.31. The lowest BCUT2D eigenvalue weighted by atomic mass is 9.73. The van der Waals surface area contributed by atoms with Crippen LogP contribution in [0.3, 0.4) is 0 Å². The highest BCUT2D eigenvalue weighted by Crippen LogP contribution is 2.42. The van der Waals surface area contributed by atoms with Crippen molar-refractivity contribution in [3.63, 3.8) is 0 Å². The average Bonchev–Trinajstić information content (AvgIpc) is 2.65. The molecule has 0 saturated heterocycles. The van der Waals surface area contributed by atoms with Gasteiger partial charge < -0.3 is 9.15 Å². The summed E-state index contributed by atoms with van der Waals surface area (Å²) in [7, 11) is 1.59. The highest BCUT2D eigenvalue weighted by atomic mass is 16.5. The summed E-state index contributed by atoms with van der Waals surface area (Å²) in [5, 5.41) is 0.546. The second kappa shape index (κ2) is 5.92. The molecule has 3 nitrogen and oxygen atoms in total. The van der Waals surface area contributed by atoms with Gasteiger partial charge in [0.15, 0.2) is 0 Å². The van der Waals surface area contributed by atoms with Crippen molar-refractivity contribution in [3.05, 3.63) is 82.2 Å². The van der Waals surface area contributed by atoms with E-state index in [4.69, 9.17) is 9.15 Å². The molecule has 0 spiro atoms. The fraction of sp³-hybridized carbons (Fsp3) is 0.227. The van der Waals surface area contributed by atoms with Gasteiger partial charge in [-0.05, 0) is 41.2 Å². The molecule has 1 heterocycles. The zero-order valence-electron chi connectivity index (χ0n) is 14.4. The summed E-state index contributed by atoms with van der Waals surface area (Å²) < 4.78 is 11.4. The van der Waals surface area contributed by atoms with Crippen molar-refractivity contribution >= 4 is 16.5 Å². The van der Waals surface area contributed by atoms with Crippen LogP contribution in [0.4, 0.5) is 0 Å². The third-order valence-electron chi connectivity index (χ3n) is 5.28. The third kappa shape index (κ3) is 2.47. The normalized spacial score (nSPS) is 19.7. The van der Waals surface area contributed by atoms with Crippen LogP contribution >= 0.6 is 0 Å².